The molecule has 0 aliphatic rings. The predicted octanol–water partition coefficient (Wildman–Crippen LogP) is 1.82. The molecule has 6 heteroatoms. The van der Waals surface area contributed by atoms with Crippen LogP contribution in [0.4, 0.5) is 0 Å². The zero-order valence-electron chi connectivity index (χ0n) is 7.44. The molecular weight excluding hydrogens is 218 g/mol. The van der Waals surface area contributed by atoms with Gasteiger partial charge >= 0.3 is 5.97 Å². The quantitative estimate of drug-likeness (QED) is 0.762. The molecule has 76 valence electrons. The first-order valence-electron chi connectivity index (χ1n) is 4.08. The minimum absolute atomic E-state index is 0.0202. The molecule has 0 amide bonds. The van der Waals surface area contributed by atoms with Crippen molar-refractivity contribution in [1.82, 2.24) is 15.2 Å². The number of H-pyrrole nitrogens is 1. The molecule has 0 radical (unpaired) electrons. The van der Waals surface area contributed by atoms with Gasteiger partial charge in [0.2, 0.25) is 0 Å². The van der Waals surface area contributed by atoms with Gasteiger partial charge in [0.05, 0.1) is 5.69 Å². The summed E-state index contributed by atoms with van der Waals surface area (Å²) in [5.41, 5.74) is 1.01. The van der Waals surface area contributed by atoms with Gasteiger partial charge in [0, 0.05) is 6.07 Å². The van der Waals surface area contributed by atoms with Crippen LogP contribution in [0.5, 0.6) is 0 Å². The molecule has 5 nitrogen and oxygen atoms in total. The fourth-order valence-electron chi connectivity index (χ4n) is 1.11. The lowest BCUT2D eigenvalue weighted by Gasteiger charge is -1.94. The summed E-state index contributed by atoms with van der Waals surface area (Å²) in [5, 5.41) is 15.2. The predicted molar refractivity (Wildman–Crippen MR) is 53.8 cm³/mol. The number of pyridine rings is 1. The standard InChI is InChI=1S/C9H6ClN3O2/c10-8-3-1-2-5(11-8)6-4-7(9(14)15)13-12-6/h1-4H,(H,12,13)(H,14,15). The molecule has 0 saturated heterocycles. The largest absolute Gasteiger partial charge is 0.477 e. The Morgan fingerprint density at radius 3 is 2.80 bits per heavy atom. The summed E-state index contributed by atoms with van der Waals surface area (Å²) < 4.78 is 0. The third-order valence-electron chi connectivity index (χ3n) is 1.79. The first kappa shape index (κ1) is 9.67. The van der Waals surface area contributed by atoms with E-state index < -0.39 is 5.97 Å². The van der Waals surface area contributed by atoms with Crippen LogP contribution in [-0.4, -0.2) is 26.3 Å². The van der Waals surface area contributed by atoms with Crippen molar-refractivity contribution in [2.24, 2.45) is 0 Å². The van der Waals surface area contributed by atoms with Crippen LogP contribution >= 0.6 is 11.6 Å². The topological polar surface area (TPSA) is 78.9 Å². The summed E-state index contributed by atoms with van der Waals surface area (Å²) in [4.78, 5) is 14.6. The Balaban J connectivity index is 2.41. The third-order valence-corrected chi connectivity index (χ3v) is 2.00. The van der Waals surface area contributed by atoms with E-state index in [4.69, 9.17) is 16.7 Å². The van der Waals surface area contributed by atoms with Gasteiger partial charge in [-0.15, -0.1) is 0 Å². The van der Waals surface area contributed by atoms with E-state index in [1.54, 1.807) is 18.2 Å². The van der Waals surface area contributed by atoms with Gasteiger partial charge in [-0.2, -0.15) is 5.10 Å². The molecule has 2 aromatic rings. The average Bonchev–Trinajstić information content (AvgIpc) is 2.66. The van der Waals surface area contributed by atoms with Gasteiger partial charge in [0.25, 0.3) is 0 Å². The maximum absolute atomic E-state index is 10.6. The fourth-order valence-corrected chi connectivity index (χ4v) is 1.28. The van der Waals surface area contributed by atoms with Crippen molar-refractivity contribution >= 4 is 17.6 Å². The van der Waals surface area contributed by atoms with Crippen LogP contribution in [0.1, 0.15) is 10.5 Å². The van der Waals surface area contributed by atoms with E-state index >= 15 is 0 Å². The SMILES string of the molecule is O=C(O)c1cc(-c2cccc(Cl)n2)n[nH]1. The second-order valence-electron chi connectivity index (χ2n) is 2.82. The Bertz CT molecular complexity index is 510. The number of aromatic carboxylic acids is 1. The lowest BCUT2D eigenvalue weighted by Crippen LogP contribution is -1.95. The van der Waals surface area contributed by atoms with Crippen LogP contribution in [0.3, 0.4) is 0 Å². The molecule has 0 unspecified atom stereocenters. The highest BCUT2D eigenvalue weighted by molar-refractivity contribution is 6.29. The zero-order valence-corrected chi connectivity index (χ0v) is 8.19. The van der Waals surface area contributed by atoms with E-state index in [0.717, 1.165) is 0 Å². The Kier molecular flexibility index (Phi) is 2.39. The van der Waals surface area contributed by atoms with Crippen molar-refractivity contribution in [2.45, 2.75) is 0 Å². The van der Waals surface area contributed by atoms with Crippen LogP contribution < -0.4 is 0 Å². The number of hydrogen-bond donors (Lipinski definition) is 2. The summed E-state index contributed by atoms with van der Waals surface area (Å²) in [7, 11) is 0. The number of aromatic nitrogens is 3. The highest BCUT2D eigenvalue weighted by Gasteiger charge is 2.09. The number of halogens is 1. The van der Waals surface area contributed by atoms with Crippen molar-refractivity contribution in [2.75, 3.05) is 0 Å². The van der Waals surface area contributed by atoms with Crippen LogP contribution in [0.15, 0.2) is 24.3 Å². The van der Waals surface area contributed by atoms with E-state index in [0.29, 0.717) is 16.5 Å². The van der Waals surface area contributed by atoms with Gasteiger partial charge in [-0.1, -0.05) is 17.7 Å². The van der Waals surface area contributed by atoms with Crippen LogP contribution in [0, 0.1) is 0 Å². The van der Waals surface area contributed by atoms with Crippen LogP contribution in [-0.2, 0) is 0 Å². The summed E-state index contributed by atoms with van der Waals surface area (Å²) in [6, 6.07) is 6.46. The first-order chi connectivity index (χ1) is 7.16. The monoisotopic (exact) mass is 223 g/mol. The molecule has 0 spiro atoms. The van der Waals surface area contributed by atoms with Crippen LogP contribution in [0.2, 0.25) is 5.15 Å². The van der Waals surface area contributed by atoms with Gasteiger partial charge in [-0.05, 0) is 12.1 Å². The summed E-state index contributed by atoms with van der Waals surface area (Å²) >= 11 is 5.70. The maximum Gasteiger partial charge on any atom is 0.353 e. The first-order valence-corrected chi connectivity index (χ1v) is 4.46. The van der Waals surface area contributed by atoms with Gasteiger partial charge in [-0.25, -0.2) is 9.78 Å². The fraction of sp³-hybridized carbons (Fsp3) is 0. The Labute approximate surface area is 89.7 Å². The molecule has 2 rings (SSSR count). The lowest BCUT2D eigenvalue weighted by molar-refractivity contribution is 0.0690. The minimum atomic E-state index is -1.06. The van der Waals surface area contributed by atoms with Gasteiger partial charge in [0.1, 0.15) is 16.5 Å². The highest BCUT2D eigenvalue weighted by Crippen LogP contribution is 2.17. The molecule has 0 aliphatic carbocycles. The number of nitrogens with one attached hydrogen (secondary N) is 1. The van der Waals surface area contributed by atoms with Gasteiger partial charge in [0.15, 0.2) is 0 Å². The number of rotatable bonds is 2. The third kappa shape index (κ3) is 1.97. The van der Waals surface area contributed by atoms with E-state index in [9.17, 15) is 4.79 Å². The van der Waals surface area contributed by atoms with Crippen molar-refractivity contribution in [1.29, 1.82) is 0 Å². The van der Waals surface area contributed by atoms with Crippen molar-refractivity contribution in [3.8, 4) is 11.4 Å². The highest BCUT2D eigenvalue weighted by atomic mass is 35.5. The maximum atomic E-state index is 10.6. The molecule has 0 aliphatic heterocycles. The Hall–Kier alpha value is -1.88. The molecule has 15 heavy (non-hydrogen) atoms. The number of hydrogen-bond acceptors (Lipinski definition) is 3. The number of aromatic amines is 1. The molecule has 2 N–H and O–H groups in total. The molecule has 2 aromatic heterocycles. The number of carboxylic acid groups (broad SMARTS) is 1. The van der Waals surface area contributed by atoms with Crippen molar-refractivity contribution in [3.05, 3.63) is 35.1 Å². The van der Waals surface area contributed by atoms with Crippen molar-refractivity contribution in [3.63, 3.8) is 0 Å². The molecule has 2 heterocycles. The average molecular weight is 224 g/mol. The van der Waals surface area contributed by atoms with Crippen molar-refractivity contribution < 1.29 is 9.90 Å². The second kappa shape index (κ2) is 3.70. The summed E-state index contributed by atoms with van der Waals surface area (Å²) in [6.45, 7) is 0. The smallest absolute Gasteiger partial charge is 0.353 e. The summed E-state index contributed by atoms with van der Waals surface area (Å²) in [6.07, 6.45) is 0. The van der Waals surface area contributed by atoms with Gasteiger partial charge < -0.3 is 5.11 Å². The normalized spacial score (nSPS) is 10.2. The van der Waals surface area contributed by atoms with E-state index in [1.807, 2.05) is 0 Å². The number of carboxylic acids is 1. The minimum Gasteiger partial charge on any atom is -0.477 e. The zero-order chi connectivity index (χ0) is 10.8. The van der Waals surface area contributed by atoms with E-state index in [2.05, 4.69) is 15.2 Å². The molecular formula is C9H6ClN3O2. The molecule has 0 atom stereocenters. The Morgan fingerprint density at radius 1 is 1.40 bits per heavy atom. The second-order valence-corrected chi connectivity index (χ2v) is 3.20. The number of carbonyl (C=O) groups is 1. The molecule has 0 saturated carbocycles. The van der Waals surface area contributed by atoms with E-state index in [-0.39, 0.29) is 5.69 Å². The lowest BCUT2D eigenvalue weighted by atomic mass is 10.2. The number of nitrogens with zero attached hydrogens (tertiary/aromatic N) is 2. The van der Waals surface area contributed by atoms with E-state index in [1.165, 1.54) is 6.07 Å². The van der Waals surface area contributed by atoms with Crippen LogP contribution in [0.25, 0.3) is 11.4 Å². The van der Waals surface area contributed by atoms with Gasteiger partial charge in [-0.3, -0.25) is 5.10 Å². The summed E-state index contributed by atoms with van der Waals surface area (Å²) in [5.74, 6) is -1.06. The molecule has 0 bridgehead atoms. The molecule has 0 fully saturated rings. The molecule has 0 aromatic carbocycles. The Morgan fingerprint density at radius 2 is 2.20 bits per heavy atom.